The van der Waals surface area contributed by atoms with Gasteiger partial charge in [0.2, 0.25) is 0 Å². The second-order valence-corrected chi connectivity index (χ2v) is 5.32. The number of halogens is 2. The van der Waals surface area contributed by atoms with Crippen LogP contribution in [-0.2, 0) is 0 Å². The molecule has 0 saturated carbocycles. The summed E-state index contributed by atoms with van der Waals surface area (Å²) in [6.45, 7) is -2.54. The fourth-order valence-electron chi connectivity index (χ4n) is 1.85. The molecule has 6 nitrogen and oxygen atoms in total. The van der Waals surface area contributed by atoms with E-state index in [1.807, 2.05) is 0 Å². The number of carbonyl (C=O) groups is 1. The predicted molar refractivity (Wildman–Crippen MR) is 78.6 cm³/mol. The molecule has 1 rings (SSSR count). The summed E-state index contributed by atoms with van der Waals surface area (Å²) >= 11 is 11.6. The van der Waals surface area contributed by atoms with Crippen molar-refractivity contribution in [2.24, 2.45) is 0 Å². The van der Waals surface area contributed by atoms with Gasteiger partial charge in [0.1, 0.15) is 5.54 Å². The molecule has 0 radical (unpaired) electrons. The third-order valence-corrected chi connectivity index (χ3v) is 3.93. The molecule has 0 saturated heterocycles. The zero-order valence-corrected chi connectivity index (χ0v) is 12.7. The molecule has 0 aliphatic rings. The van der Waals surface area contributed by atoms with E-state index in [2.05, 4.69) is 0 Å². The molecule has 4 N–H and O–H groups in total. The first-order valence-corrected chi connectivity index (χ1v) is 6.92. The molecule has 0 aromatic heterocycles. The summed E-state index contributed by atoms with van der Waals surface area (Å²) in [5.74, 6) is -0.597. The van der Waals surface area contributed by atoms with Gasteiger partial charge in [0, 0.05) is 12.1 Å². The van der Waals surface area contributed by atoms with Gasteiger partial charge in [0.25, 0.3) is 5.91 Å². The minimum Gasteiger partial charge on any atom is -0.395 e. The molecule has 0 bridgehead atoms. The average Bonchev–Trinajstić information content (AvgIpc) is 2.50. The lowest BCUT2D eigenvalue weighted by Gasteiger charge is -2.40. The summed E-state index contributed by atoms with van der Waals surface area (Å²) in [4.78, 5) is 13.5. The van der Waals surface area contributed by atoms with Crippen LogP contribution in [0.4, 0.5) is 0 Å². The molecule has 0 unspecified atom stereocenters. The first-order chi connectivity index (χ1) is 9.95. The topological polar surface area (TPSA) is 101 Å². The molecule has 1 aromatic carbocycles. The Morgan fingerprint density at radius 1 is 1.05 bits per heavy atom. The Bertz CT molecular complexity index is 485. The van der Waals surface area contributed by atoms with E-state index in [0.717, 1.165) is 4.90 Å². The normalized spacial score (nSPS) is 11.5. The summed E-state index contributed by atoms with van der Waals surface area (Å²) in [5.41, 5.74) is -1.41. The quantitative estimate of drug-likeness (QED) is 0.567. The van der Waals surface area contributed by atoms with Crippen LogP contribution in [-0.4, -0.2) is 69.7 Å². The Morgan fingerprint density at radius 2 is 1.62 bits per heavy atom. The van der Waals surface area contributed by atoms with Crippen molar-refractivity contribution >= 4 is 29.1 Å². The van der Waals surface area contributed by atoms with Crippen LogP contribution in [0.5, 0.6) is 0 Å². The molecular weight excluding hydrogens is 321 g/mol. The van der Waals surface area contributed by atoms with Crippen molar-refractivity contribution in [3.8, 4) is 0 Å². The highest BCUT2D eigenvalue weighted by Gasteiger charge is 2.38. The molecule has 0 heterocycles. The second-order valence-electron chi connectivity index (χ2n) is 4.51. The second kappa shape index (κ2) is 7.93. The van der Waals surface area contributed by atoms with E-state index >= 15 is 0 Å². The lowest BCUT2D eigenvalue weighted by atomic mass is 9.99. The number of aliphatic hydroxyl groups excluding tert-OH is 4. The number of hydrogen-bond donors (Lipinski definition) is 4. The van der Waals surface area contributed by atoms with E-state index in [0.29, 0.717) is 0 Å². The minimum atomic E-state index is -1.58. The van der Waals surface area contributed by atoms with Gasteiger partial charge in [-0.05, 0) is 18.2 Å². The molecule has 0 fully saturated rings. The number of amides is 1. The first kappa shape index (κ1) is 18.2. The standard InChI is InChI=1S/C13H17Cl2NO5/c14-10-2-1-9(5-11(10)15)12(21)16(3-4-17)13(6-18,7-19)8-20/h1-2,5,17-20H,3-4,6-8H2. The minimum absolute atomic E-state index is 0.164. The van der Waals surface area contributed by atoms with Gasteiger partial charge in [-0.2, -0.15) is 0 Å². The molecule has 0 spiro atoms. The van der Waals surface area contributed by atoms with E-state index in [1.54, 1.807) is 0 Å². The van der Waals surface area contributed by atoms with E-state index in [4.69, 9.17) is 28.3 Å². The summed E-state index contributed by atoms with van der Waals surface area (Å²) in [5, 5.41) is 37.8. The fourth-order valence-corrected chi connectivity index (χ4v) is 2.14. The molecule has 1 amide bonds. The zero-order valence-electron chi connectivity index (χ0n) is 11.2. The van der Waals surface area contributed by atoms with Crippen molar-refractivity contribution in [1.82, 2.24) is 4.90 Å². The number of hydrogen-bond acceptors (Lipinski definition) is 5. The summed E-state index contributed by atoms with van der Waals surface area (Å²) < 4.78 is 0. The zero-order chi connectivity index (χ0) is 16.0. The van der Waals surface area contributed by atoms with Crippen LogP contribution in [0.25, 0.3) is 0 Å². The van der Waals surface area contributed by atoms with Gasteiger partial charge in [0.15, 0.2) is 0 Å². The van der Waals surface area contributed by atoms with Crippen molar-refractivity contribution < 1.29 is 25.2 Å². The molecule has 8 heteroatoms. The molecule has 118 valence electrons. The van der Waals surface area contributed by atoms with Crippen molar-refractivity contribution in [3.63, 3.8) is 0 Å². The van der Waals surface area contributed by atoms with Gasteiger partial charge < -0.3 is 25.3 Å². The summed E-state index contributed by atoms with van der Waals surface area (Å²) in [6, 6.07) is 4.21. The molecule has 1 aromatic rings. The highest BCUT2D eigenvalue weighted by Crippen LogP contribution is 2.25. The molecule has 0 aliphatic carbocycles. The van der Waals surface area contributed by atoms with Gasteiger partial charge in [-0.15, -0.1) is 0 Å². The highest BCUT2D eigenvalue weighted by molar-refractivity contribution is 6.42. The molecule has 21 heavy (non-hydrogen) atoms. The van der Waals surface area contributed by atoms with Gasteiger partial charge in [-0.3, -0.25) is 4.79 Å². The van der Waals surface area contributed by atoms with Crippen LogP contribution in [0.1, 0.15) is 10.4 Å². The lowest BCUT2D eigenvalue weighted by molar-refractivity contribution is -0.0395. The van der Waals surface area contributed by atoms with Gasteiger partial charge in [-0.25, -0.2) is 0 Å². The number of carbonyl (C=O) groups excluding carboxylic acids is 1. The Labute approximate surface area is 132 Å². The number of benzene rings is 1. The van der Waals surface area contributed by atoms with Gasteiger partial charge in [0.05, 0.1) is 36.5 Å². The van der Waals surface area contributed by atoms with E-state index in [-0.39, 0.29) is 22.2 Å². The largest absolute Gasteiger partial charge is 0.395 e. The van der Waals surface area contributed by atoms with E-state index in [9.17, 15) is 20.1 Å². The molecule has 0 atom stereocenters. The third-order valence-electron chi connectivity index (χ3n) is 3.19. The monoisotopic (exact) mass is 337 g/mol. The predicted octanol–water partition coefficient (Wildman–Crippen LogP) is 0.144. The van der Waals surface area contributed by atoms with E-state index < -0.39 is 37.9 Å². The lowest BCUT2D eigenvalue weighted by Crippen LogP contribution is -2.60. The first-order valence-electron chi connectivity index (χ1n) is 6.16. The van der Waals surface area contributed by atoms with Gasteiger partial charge in [-0.1, -0.05) is 23.2 Å². The highest BCUT2D eigenvalue weighted by atomic mass is 35.5. The SMILES string of the molecule is O=C(c1ccc(Cl)c(Cl)c1)N(CCO)C(CO)(CO)CO. The van der Waals surface area contributed by atoms with Crippen LogP contribution in [0.15, 0.2) is 18.2 Å². The number of aliphatic hydroxyl groups is 4. The maximum atomic E-state index is 12.5. The van der Waals surface area contributed by atoms with Crippen molar-refractivity contribution in [2.75, 3.05) is 33.0 Å². The molecule has 0 aliphatic heterocycles. The Kier molecular flexibility index (Phi) is 6.86. The van der Waals surface area contributed by atoms with Crippen LogP contribution in [0.3, 0.4) is 0 Å². The maximum Gasteiger partial charge on any atom is 0.254 e. The number of rotatable bonds is 7. The number of β-amino-alcohol motifs (C(OH)–C–C–N with tert-alkyl or cyclic N) is 1. The average molecular weight is 338 g/mol. The molecular formula is C13H17Cl2NO5. The Balaban J connectivity index is 3.20. The summed E-state index contributed by atoms with van der Waals surface area (Å²) in [7, 11) is 0. The Morgan fingerprint density at radius 3 is 2.05 bits per heavy atom. The van der Waals surface area contributed by atoms with Crippen molar-refractivity contribution in [3.05, 3.63) is 33.8 Å². The van der Waals surface area contributed by atoms with Crippen LogP contribution in [0, 0.1) is 0 Å². The van der Waals surface area contributed by atoms with Crippen molar-refractivity contribution in [2.45, 2.75) is 5.54 Å². The Hall–Kier alpha value is -0.890. The third kappa shape index (κ3) is 3.85. The van der Waals surface area contributed by atoms with Crippen molar-refractivity contribution in [1.29, 1.82) is 0 Å². The van der Waals surface area contributed by atoms with Crippen LogP contribution < -0.4 is 0 Å². The van der Waals surface area contributed by atoms with Gasteiger partial charge >= 0.3 is 0 Å². The van der Waals surface area contributed by atoms with Crippen LogP contribution in [0.2, 0.25) is 10.0 Å². The summed E-state index contributed by atoms with van der Waals surface area (Å²) in [6.07, 6.45) is 0. The fraction of sp³-hybridized carbons (Fsp3) is 0.462. The number of nitrogens with zero attached hydrogens (tertiary/aromatic N) is 1. The maximum absolute atomic E-state index is 12.5. The van der Waals surface area contributed by atoms with E-state index in [1.165, 1.54) is 18.2 Å². The smallest absolute Gasteiger partial charge is 0.254 e. The van der Waals surface area contributed by atoms with Crippen LogP contribution >= 0.6 is 23.2 Å².